The summed E-state index contributed by atoms with van der Waals surface area (Å²) in [6, 6.07) is 11.4. The van der Waals surface area contributed by atoms with E-state index in [9.17, 15) is 9.18 Å². The monoisotopic (exact) mass is 430 g/mol. The Morgan fingerprint density at radius 1 is 1.13 bits per heavy atom. The maximum absolute atomic E-state index is 13.9. The molecule has 0 radical (unpaired) electrons. The second-order valence-corrected chi connectivity index (χ2v) is 6.07. The number of hydrogen-bond acceptors (Lipinski definition) is 7. The van der Waals surface area contributed by atoms with Crippen LogP contribution in [0.25, 0.3) is 0 Å². The van der Waals surface area contributed by atoms with Crippen molar-refractivity contribution in [3.05, 3.63) is 70.9 Å². The van der Waals surface area contributed by atoms with E-state index in [1.54, 1.807) is 43.5 Å². The Balaban J connectivity index is 1.73. The normalized spacial score (nSPS) is 10.7. The molecule has 0 aliphatic carbocycles. The molecule has 154 valence electrons. The number of rotatable bonds is 7. The van der Waals surface area contributed by atoms with Crippen molar-refractivity contribution in [3.8, 4) is 23.1 Å². The van der Waals surface area contributed by atoms with E-state index >= 15 is 0 Å². The second kappa shape index (κ2) is 9.66. The first-order valence-electron chi connectivity index (χ1n) is 8.51. The van der Waals surface area contributed by atoms with Crippen molar-refractivity contribution >= 4 is 23.7 Å². The molecule has 30 heavy (non-hydrogen) atoms. The highest BCUT2D eigenvalue weighted by molar-refractivity contribution is 6.28. The Hall–Kier alpha value is -3.72. The summed E-state index contributed by atoms with van der Waals surface area (Å²) < 4.78 is 29.6. The van der Waals surface area contributed by atoms with Crippen molar-refractivity contribution in [2.45, 2.75) is 0 Å². The average Bonchev–Trinajstić information content (AvgIpc) is 2.76. The number of halogens is 2. The van der Waals surface area contributed by atoms with E-state index in [1.165, 1.54) is 19.4 Å². The van der Waals surface area contributed by atoms with E-state index < -0.39 is 11.7 Å². The fourth-order valence-corrected chi connectivity index (χ4v) is 2.46. The van der Waals surface area contributed by atoms with Crippen LogP contribution in [0.4, 0.5) is 4.39 Å². The zero-order chi connectivity index (χ0) is 21.5. The lowest BCUT2D eigenvalue weighted by Crippen LogP contribution is -2.17. The molecule has 0 spiro atoms. The number of carbonyl (C=O) groups is 1. The van der Waals surface area contributed by atoms with Gasteiger partial charge in [-0.05, 0) is 59.6 Å². The third-order valence-corrected chi connectivity index (χ3v) is 3.99. The number of aromatic nitrogens is 2. The summed E-state index contributed by atoms with van der Waals surface area (Å²) in [5.74, 6) is -0.374. The lowest BCUT2D eigenvalue weighted by atomic mass is 10.2. The molecule has 1 N–H and O–H groups in total. The highest BCUT2D eigenvalue weighted by Crippen LogP contribution is 2.32. The quantitative estimate of drug-likeness (QED) is 0.347. The Labute approximate surface area is 176 Å². The lowest BCUT2D eigenvalue weighted by molar-refractivity contribution is 0.0955. The Kier molecular flexibility index (Phi) is 6.76. The Morgan fingerprint density at radius 2 is 1.90 bits per heavy atom. The van der Waals surface area contributed by atoms with Crippen molar-refractivity contribution in [2.75, 3.05) is 14.2 Å². The van der Waals surface area contributed by atoms with Gasteiger partial charge in [0.2, 0.25) is 11.1 Å². The number of benzene rings is 2. The maximum Gasteiger partial charge on any atom is 0.271 e. The van der Waals surface area contributed by atoms with Crippen LogP contribution in [0, 0.1) is 5.82 Å². The molecule has 2 aromatic carbocycles. The van der Waals surface area contributed by atoms with Crippen molar-refractivity contribution in [3.63, 3.8) is 0 Å². The predicted molar refractivity (Wildman–Crippen MR) is 108 cm³/mol. The number of nitrogens with one attached hydrogen (secondary N) is 1. The summed E-state index contributed by atoms with van der Waals surface area (Å²) in [4.78, 5) is 19.4. The minimum absolute atomic E-state index is 0.163. The molecule has 10 heteroatoms. The smallest absolute Gasteiger partial charge is 0.271 e. The van der Waals surface area contributed by atoms with Crippen molar-refractivity contribution in [1.29, 1.82) is 0 Å². The van der Waals surface area contributed by atoms with E-state index in [0.29, 0.717) is 22.6 Å². The topological polar surface area (TPSA) is 94.9 Å². The van der Waals surface area contributed by atoms with Gasteiger partial charge in [0.1, 0.15) is 5.75 Å². The molecule has 3 rings (SSSR count). The fourth-order valence-electron chi connectivity index (χ4n) is 2.33. The van der Waals surface area contributed by atoms with Gasteiger partial charge in [-0.15, -0.1) is 0 Å². The largest absolute Gasteiger partial charge is 0.497 e. The number of nitrogens with zero attached hydrogens (tertiary/aromatic N) is 3. The van der Waals surface area contributed by atoms with E-state index in [4.69, 9.17) is 25.8 Å². The molecule has 0 saturated heterocycles. The van der Waals surface area contributed by atoms with Crippen molar-refractivity contribution in [1.82, 2.24) is 15.4 Å². The molecule has 8 nitrogen and oxygen atoms in total. The standard InChI is InChI=1S/C20H16ClFN4O4/c1-28-14-6-4-13(5-7-14)18(27)26-24-10-12-3-8-16(29-2)17(9-12)30-19-15(22)11-23-20(21)25-19/h3-11H,1-2H3,(H,26,27)/b24-10+. The second-order valence-electron chi connectivity index (χ2n) is 5.73. The maximum atomic E-state index is 13.9. The summed E-state index contributed by atoms with van der Waals surface area (Å²) in [5.41, 5.74) is 3.39. The number of ether oxygens (including phenoxy) is 3. The minimum atomic E-state index is -0.785. The number of carbonyl (C=O) groups excluding carboxylic acids is 1. The zero-order valence-electron chi connectivity index (χ0n) is 15.9. The number of hydrogen-bond donors (Lipinski definition) is 1. The SMILES string of the molecule is COc1ccc(C(=O)N/N=C/c2ccc(OC)c(Oc3nc(Cl)ncc3F)c2)cc1. The van der Waals surface area contributed by atoms with E-state index in [1.807, 2.05) is 0 Å². The van der Waals surface area contributed by atoms with Crippen molar-refractivity contribution < 1.29 is 23.4 Å². The highest BCUT2D eigenvalue weighted by Gasteiger charge is 2.13. The first kappa shape index (κ1) is 21.0. The molecular formula is C20H16ClFN4O4. The Morgan fingerprint density at radius 3 is 2.60 bits per heavy atom. The summed E-state index contributed by atoms with van der Waals surface area (Å²) in [6.45, 7) is 0. The Bertz CT molecular complexity index is 1080. The molecule has 3 aromatic rings. The molecule has 0 atom stereocenters. The minimum Gasteiger partial charge on any atom is -0.497 e. The van der Waals surface area contributed by atoms with Crippen LogP contribution in [0.5, 0.6) is 23.1 Å². The number of hydrazone groups is 1. The third-order valence-electron chi connectivity index (χ3n) is 3.81. The van der Waals surface area contributed by atoms with Gasteiger partial charge in [-0.2, -0.15) is 14.5 Å². The first-order valence-corrected chi connectivity index (χ1v) is 8.89. The van der Waals surface area contributed by atoms with Crippen LogP contribution in [0.1, 0.15) is 15.9 Å². The summed E-state index contributed by atoms with van der Waals surface area (Å²) in [5, 5.41) is 3.76. The number of amides is 1. The van der Waals surface area contributed by atoms with Crippen molar-refractivity contribution in [2.24, 2.45) is 5.10 Å². The summed E-state index contributed by atoms with van der Waals surface area (Å²) in [6.07, 6.45) is 2.30. The van der Waals surface area contributed by atoms with E-state index in [0.717, 1.165) is 6.20 Å². The van der Waals surface area contributed by atoms with Crippen LogP contribution in [0.15, 0.2) is 53.8 Å². The molecule has 0 aliphatic heterocycles. The van der Waals surface area contributed by atoms with Gasteiger partial charge < -0.3 is 14.2 Å². The zero-order valence-corrected chi connectivity index (χ0v) is 16.7. The van der Waals surface area contributed by atoms with Gasteiger partial charge in [0.15, 0.2) is 11.5 Å². The lowest BCUT2D eigenvalue weighted by Gasteiger charge is -2.10. The molecule has 0 fully saturated rings. The predicted octanol–water partition coefficient (Wildman–Crippen LogP) is 3.84. The molecule has 1 aromatic heterocycles. The molecule has 0 aliphatic rings. The van der Waals surface area contributed by atoms with Gasteiger partial charge >= 0.3 is 0 Å². The van der Waals surface area contributed by atoms with Crippen LogP contribution < -0.4 is 19.6 Å². The van der Waals surface area contributed by atoms with Gasteiger partial charge in [-0.25, -0.2) is 10.4 Å². The summed E-state index contributed by atoms with van der Waals surface area (Å²) >= 11 is 5.69. The van der Waals surface area contributed by atoms with E-state index in [-0.39, 0.29) is 16.9 Å². The van der Waals surface area contributed by atoms with Crippen LogP contribution >= 0.6 is 11.6 Å². The highest BCUT2D eigenvalue weighted by atomic mass is 35.5. The van der Waals surface area contributed by atoms with E-state index in [2.05, 4.69) is 20.5 Å². The third kappa shape index (κ3) is 5.21. The van der Waals surface area contributed by atoms with Gasteiger partial charge in [0.05, 0.1) is 26.6 Å². The first-order chi connectivity index (χ1) is 14.5. The molecule has 0 unspecified atom stereocenters. The molecule has 0 saturated carbocycles. The number of methoxy groups -OCH3 is 2. The molecule has 0 bridgehead atoms. The molecule has 1 amide bonds. The van der Waals surface area contributed by atoms with Gasteiger partial charge in [0.25, 0.3) is 11.8 Å². The molecular weight excluding hydrogens is 415 g/mol. The van der Waals surface area contributed by atoms with Gasteiger partial charge in [-0.1, -0.05) is 0 Å². The molecule has 1 heterocycles. The van der Waals surface area contributed by atoms with Gasteiger partial charge in [0, 0.05) is 5.56 Å². The van der Waals surface area contributed by atoms with Crippen LogP contribution in [0.2, 0.25) is 5.28 Å². The average molecular weight is 431 g/mol. The fraction of sp³-hybridized carbons (Fsp3) is 0.100. The van der Waals surface area contributed by atoms with Crippen LogP contribution in [0.3, 0.4) is 0 Å². The van der Waals surface area contributed by atoms with Crippen LogP contribution in [-0.2, 0) is 0 Å². The van der Waals surface area contributed by atoms with Crippen LogP contribution in [-0.4, -0.2) is 36.3 Å². The van der Waals surface area contributed by atoms with Gasteiger partial charge in [-0.3, -0.25) is 4.79 Å². The summed E-state index contributed by atoms with van der Waals surface area (Å²) in [7, 11) is 2.98.